The van der Waals surface area contributed by atoms with Gasteiger partial charge in [-0.15, -0.1) is 0 Å². The predicted molar refractivity (Wildman–Crippen MR) is 107 cm³/mol. The second-order valence-electron chi connectivity index (χ2n) is 7.00. The van der Waals surface area contributed by atoms with Crippen LogP contribution in [0.5, 0.6) is 0 Å². The van der Waals surface area contributed by atoms with Crippen LogP contribution in [-0.2, 0) is 9.59 Å². The van der Waals surface area contributed by atoms with Gasteiger partial charge in [0.1, 0.15) is 5.82 Å². The van der Waals surface area contributed by atoms with Crippen molar-refractivity contribution in [2.24, 2.45) is 0 Å². The zero-order chi connectivity index (χ0) is 19.7. The second-order valence-corrected chi connectivity index (χ2v) is 7.44. The Kier molecular flexibility index (Phi) is 5.04. The first kappa shape index (κ1) is 18.5. The quantitative estimate of drug-likeness (QED) is 0.732. The standard InChI is InChI=1S/C19H20ClN5O3/c20-11-5-4-6-12(9-11)21-17(27)13-10-14(26)22-16-15(13)18(28)24-19(23-16)25-7-2-1-3-8-25/h4-6,9,13H,1-3,7-8,10H2,(H,21,27)(H2,22,23,24,26,28)/t13-/m1/s1. The van der Waals surface area contributed by atoms with Gasteiger partial charge in [0.25, 0.3) is 5.56 Å². The molecule has 2 amide bonds. The van der Waals surface area contributed by atoms with Gasteiger partial charge in [0.15, 0.2) is 0 Å². The molecule has 2 aliphatic heterocycles. The summed E-state index contributed by atoms with van der Waals surface area (Å²) in [5.74, 6) is -1.13. The fourth-order valence-corrected chi connectivity index (χ4v) is 3.82. The molecule has 0 saturated carbocycles. The average Bonchev–Trinajstić information content (AvgIpc) is 2.67. The maximum atomic E-state index is 12.8. The van der Waals surface area contributed by atoms with Gasteiger partial charge in [0.05, 0.1) is 11.5 Å². The molecule has 1 fully saturated rings. The van der Waals surface area contributed by atoms with Gasteiger partial charge in [-0.3, -0.25) is 19.4 Å². The van der Waals surface area contributed by atoms with Gasteiger partial charge in [-0.1, -0.05) is 17.7 Å². The average molecular weight is 402 g/mol. The number of H-pyrrole nitrogens is 1. The van der Waals surface area contributed by atoms with E-state index in [9.17, 15) is 14.4 Å². The van der Waals surface area contributed by atoms with Crippen LogP contribution in [-0.4, -0.2) is 34.9 Å². The Morgan fingerprint density at radius 1 is 1.21 bits per heavy atom. The van der Waals surface area contributed by atoms with Crippen molar-refractivity contribution in [2.45, 2.75) is 31.6 Å². The van der Waals surface area contributed by atoms with Crippen LogP contribution in [0, 0.1) is 0 Å². The third-order valence-electron chi connectivity index (χ3n) is 5.00. The highest BCUT2D eigenvalue weighted by Crippen LogP contribution is 2.30. The molecule has 1 atom stereocenters. The SMILES string of the molecule is O=C1C[C@@H](C(=O)Nc2cccc(Cl)c2)c2c(nc(N3CCCCC3)[nH]c2=O)N1. The van der Waals surface area contributed by atoms with E-state index >= 15 is 0 Å². The fraction of sp³-hybridized carbons (Fsp3) is 0.368. The summed E-state index contributed by atoms with van der Waals surface area (Å²) in [7, 11) is 0. The topological polar surface area (TPSA) is 107 Å². The molecular formula is C19H20ClN5O3. The monoisotopic (exact) mass is 401 g/mol. The fourth-order valence-electron chi connectivity index (χ4n) is 3.63. The summed E-state index contributed by atoms with van der Waals surface area (Å²) in [4.78, 5) is 47.0. The van der Waals surface area contributed by atoms with Crippen molar-refractivity contribution in [3.8, 4) is 0 Å². The Morgan fingerprint density at radius 2 is 2.00 bits per heavy atom. The summed E-state index contributed by atoms with van der Waals surface area (Å²) in [6.45, 7) is 1.60. The number of nitrogens with zero attached hydrogens (tertiary/aromatic N) is 2. The molecule has 2 aromatic rings. The van der Waals surface area contributed by atoms with Crippen LogP contribution in [0.1, 0.15) is 37.2 Å². The highest BCUT2D eigenvalue weighted by molar-refractivity contribution is 6.30. The van der Waals surface area contributed by atoms with Gasteiger partial charge in [-0.2, -0.15) is 4.98 Å². The molecule has 1 aromatic heterocycles. The molecule has 28 heavy (non-hydrogen) atoms. The third kappa shape index (κ3) is 3.73. The number of halogens is 1. The number of fused-ring (bicyclic) bond motifs is 1. The lowest BCUT2D eigenvalue weighted by atomic mass is 9.92. The molecule has 1 aromatic carbocycles. The van der Waals surface area contributed by atoms with Gasteiger partial charge in [0, 0.05) is 30.2 Å². The number of aromatic amines is 1. The minimum Gasteiger partial charge on any atom is -0.342 e. The third-order valence-corrected chi connectivity index (χ3v) is 5.24. The van der Waals surface area contributed by atoms with E-state index in [0.717, 1.165) is 32.4 Å². The van der Waals surface area contributed by atoms with E-state index in [1.54, 1.807) is 24.3 Å². The number of aromatic nitrogens is 2. The molecular weight excluding hydrogens is 382 g/mol. The highest BCUT2D eigenvalue weighted by atomic mass is 35.5. The van der Waals surface area contributed by atoms with E-state index in [0.29, 0.717) is 16.7 Å². The molecule has 146 valence electrons. The maximum Gasteiger partial charge on any atom is 0.258 e. The lowest BCUT2D eigenvalue weighted by molar-refractivity contribution is -0.123. The summed E-state index contributed by atoms with van der Waals surface area (Å²) >= 11 is 5.95. The molecule has 9 heteroatoms. The van der Waals surface area contributed by atoms with Crippen molar-refractivity contribution < 1.29 is 9.59 Å². The molecule has 3 N–H and O–H groups in total. The first-order valence-corrected chi connectivity index (χ1v) is 9.64. The number of nitrogens with one attached hydrogen (secondary N) is 3. The lowest BCUT2D eigenvalue weighted by Gasteiger charge is -2.29. The van der Waals surface area contributed by atoms with Gasteiger partial charge >= 0.3 is 0 Å². The van der Waals surface area contributed by atoms with Crippen LogP contribution in [0.25, 0.3) is 0 Å². The molecule has 4 rings (SSSR count). The minimum atomic E-state index is -0.922. The largest absolute Gasteiger partial charge is 0.342 e. The molecule has 3 heterocycles. The number of benzene rings is 1. The Morgan fingerprint density at radius 3 is 2.75 bits per heavy atom. The van der Waals surface area contributed by atoms with Gasteiger partial charge in [-0.05, 0) is 37.5 Å². The Bertz CT molecular complexity index is 984. The summed E-state index contributed by atoms with van der Waals surface area (Å²) in [6, 6.07) is 6.69. The van der Waals surface area contributed by atoms with Crippen LogP contribution in [0.15, 0.2) is 29.1 Å². The van der Waals surface area contributed by atoms with Crippen molar-refractivity contribution in [1.29, 1.82) is 0 Å². The van der Waals surface area contributed by atoms with Crippen molar-refractivity contribution in [1.82, 2.24) is 9.97 Å². The lowest BCUT2D eigenvalue weighted by Crippen LogP contribution is -2.38. The van der Waals surface area contributed by atoms with E-state index in [2.05, 4.69) is 20.6 Å². The highest BCUT2D eigenvalue weighted by Gasteiger charge is 2.35. The number of carbonyl (C=O) groups is 2. The van der Waals surface area contributed by atoms with Crippen LogP contribution in [0.2, 0.25) is 5.02 Å². The minimum absolute atomic E-state index is 0.118. The summed E-state index contributed by atoms with van der Waals surface area (Å²) < 4.78 is 0. The predicted octanol–water partition coefficient (Wildman–Crippen LogP) is 2.48. The Labute approximate surface area is 166 Å². The van der Waals surface area contributed by atoms with E-state index in [4.69, 9.17) is 11.6 Å². The first-order chi connectivity index (χ1) is 13.5. The van der Waals surface area contributed by atoms with Crippen LogP contribution in [0.4, 0.5) is 17.5 Å². The number of piperidine rings is 1. The first-order valence-electron chi connectivity index (χ1n) is 9.27. The number of hydrogen-bond acceptors (Lipinski definition) is 5. The van der Waals surface area contributed by atoms with E-state index in [-0.39, 0.29) is 23.7 Å². The van der Waals surface area contributed by atoms with Gasteiger partial charge in [0.2, 0.25) is 17.8 Å². The summed E-state index contributed by atoms with van der Waals surface area (Å²) in [6.07, 6.45) is 3.08. The van der Waals surface area contributed by atoms with Gasteiger partial charge in [-0.25, -0.2) is 0 Å². The smallest absolute Gasteiger partial charge is 0.258 e. The van der Waals surface area contributed by atoms with Crippen molar-refractivity contribution in [2.75, 3.05) is 28.6 Å². The zero-order valence-corrected chi connectivity index (χ0v) is 15.9. The summed E-state index contributed by atoms with van der Waals surface area (Å²) in [5.41, 5.74) is 0.274. The number of amides is 2. The second kappa shape index (κ2) is 7.63. The number of carbonyl (C=O) groups excluding carboxylic acids is 2. The number of anilines is 3. The number of hydrogen-bond donors (Lipinski definition) is 3. The summed E-state index contributed by atoms with van der Waals surface area (Å²) in [5, 5.41) is 5.84. The molecule has 0 aliphatic carbocycles. The number of rotatable bonds is 3. The van der Waals surface area contributed by atoms with Crippen molar-refractivity contribution >= 4 is 40.9 Å². The van der Waals surface area contributed by atoms with E-state index in [1.165, 1.54) is 0 Å². The maximum absolute atomic E-state index is 12.8. The van der Waals surface area contributed by atoms with Crippen LogP contribution < -0.4 is 21.1 Å². The molecule has 0 spiro atoms. The Hall–Kier alpha value is -2.87. The van der Waals surface area contributed by atoms with Gasteiger partial charge < -0.3 is 15.5 Å². The molecule has 1 saturated heterocycles. The molecule has 2 aliphatic rings. The Balaban J connectivity index is 1.65. The van der Waals surface area contributed by atoms with Crippen LogP contribution in [0.3, 0.4) is 0 Å². The molecule has 0 bridgehead atoms. The molecule has 0 radical (unpaired) electrons. The zero-order valence-electron chi connectivity index (χ0n) is 15.1. The van der Waals surface area contributed by atoms with Crippen molar-refractivity contribution in [3.05, 3.63) is 45.2 Å². The van der Waals surface area contributed by atoms with Crippen molar-refractivity contribution in [3.63, 3.8) is 0 Å². The molecule has 0 unspecified atom stereocenters. The van der Waals surface area contributed by atoms with E-state index < -0.39 is 17.4 Å². The van der Waals surface area contributed by atoms with Crippen LogP contribution >= 0.6 is 11.6 Å². The molecule has 8 nitrogen and oxygen atoms in total. The normalized spacial score (nSPS) is 19.0. The van der Waals surface area contributed by atoms with E-state index in [1.807, 2.05) is 4.90 Å².